The van der Waals surface area contributed by atoms with Crippen molar-refractivity contribution in [3.8, 4) is 0 Å². The Kier molecular flexibility index (Phi) is 2.67. The first-order valence-corrected chi connectivity index (χ1v) is 3.17. The third-order valence-corrected chi connectivity index (χ3v) is 1.04. The molecule has 3 N–H and O–H groups in total. The first-order valence-electron chi connectivity index (χ1n) is 3.17. The molecule has 1 rings (SSSR count). The van der Waals surface area contributed by atoms with Crippen LogP contribution < -0.4 is 10.8 Å². The minimum atomic E-state index is -1.02. The van der Waals surface area contributed by atoms with E-state index in [4.69, 9.17) is 5.11 Å². The van der Waals surface area contributed by atoms with Crippen molar-refractivity contribution in [1.29, 1.82) is 0 Å². The van der Waals surface area contributed by atoms with Gasteiger partial charge in [0.15, 0.2) is 6.61 Å². The van der Waals surface area contributed by atoms with E-state index in [0.29, 0.717) is 12.5 Å². The molecule has 0 unspecified atom stereocenters. The minimum Gasteiger partial charge on any atom is -0.479 e. The molecule has 0 fully saturated rings. The second-order valence-corrected chi connectivity index (χ2v) is 1.94. The highest BCUT2D eigenvalue weighted by Crippen LogP contribution is 1.80. The van der Waals surface area contributed by atoms with E-state index >= 15 is 0 Å². The zero-order valence-electron chi connectivity index (χ0n) is 5.83. The number of aliphatic carboxylic acids is 1. The number of aliphatic imine (C=N–C) groups is 1. The van der Waals surface area contributed by atoms with Crippen LogP contribution in [0.2, 0.25) is 0 Å². The number of hydrogen-bond acceptors (Lipinski definition) is 5. The molecule has 0 radical (unpaired) electrons. The lowest BCUT2D eigenvalue weighted by Crippen LogP contribution is -2.35. The quantitative estimate of drug-likeness (QED) is 0.439. The van der Waals surface area contributed by atoms with Crippen molar-refractivity contribution in [2.45, 2.75) is 0 Å². The molecule has 1 heterocycles. The van der Waals surface area contributed by atoms with Crippen LogP contribution in [0.15, 0.2) is 4.99 Å². The van der Waals surface area contributed by atoms with E-state index in [1.807, 2.05) is 0 Å². The molecule has 0 saturated heterocycles. The second kappa shape index (κ2) is 3.77. The molecule has 0 amide bonds. The predicted molar refractivity (Wildman–Crippen MR) is 37.0 cm³/mol. The van der Waals surface area contributed by atoms with Gasteiger partial charge in [-0.15, -0.1) is 0 Å². The van der Waals surface area contributed by atoms with Gasteiger partial charge in [-0.1, -0.05) is 0 Å². The van der Waals surface area contributed by atoms with E-state index in [-0.39, 0.29) is 6.61 Å². The number of nitrogens with zero attached hydrogens (tertiary/aromatic N) is 1. The van der Waals surface area contributed by atoms with E-state index in [1.165, 1.54) is 0 Å². The summed E-state index contributed by atoms with van der Waals surface area (Å²) in [6.45, 7) is 1.08. The standard InChI is InChI=1S/C5H9N3O3/c9-4(10)3-11-8-5-6-1-2-7-5/h1-3H2,(H,9,10)(H2,6,7,8). The van der Waals surface area contributed by atoms with Gasteiger partial charge >= 0.3 is 5.97 Å². The Labute approximate surface area is 63.2 Å². The summed E-state index contributed by atoms with van der Waals surface area (Å²) in [5.74, 6) is -0.526. The topological polar surface area (TPSA) is 83.0 Å². The van der Waals surface area contributed by atoms with Gasteiger partial charge in [-0.3, -0.25) is 4.84 Å². The molecule has 0 aliphatic carbocycles. The molecule has 0 aromatic heterocycles. The van der Waals surface area contributed by atoms with E-state index in [1.54, 1.807) is 0 Å². The number of hydrogen-bond donors (Lipinski definition) is 3. The van der Waals surface area contributed by atoms with Crippen LogP contribution in [0, 0.1) is 0 Å². The molecule has 11 heavy (non-hydrogen) atoms. The van der Waals surface area contributed by atoms with Crippen LogP contribution in [0.25, 0.3) is 0 Å². The van der Waals surface area contributed by atoms with E-state index in [9.17, 15) is 4.79 Å². The van der Waals surface area contributed by atoms with E-state index in [0.717, 1.165) is 6.54 Å². The molecule has 0 aromatic rings. The van der Waals surface area contributed by atoms with Gasteiger partial charge in [0, 0.05) is 6.54 Å². The Morgan fingerprint density at radius 2 is 2.73 bits per heavy atom. The molecule has 1 aliphatic rings. The molecule has 6 nitrogen and oxygen atoms in total. The number of carbonyl (C=O) groups is 1. The fourth-order valence-electron chi connectivity index (χ4n) is 0.632. The predicted octanol–water partition coefficient (Wildman–Crippen LogP) is -1.45. The minimum absolute atomic E-state index is 0.374. The lowest BCUT2D eigenvalue weighted by atomic mass is 10.7. The Balaban J connectivity index is 2.07. The van der Waals surface area contributed by atoms with Crippen LogP contribution in [0.3, 0.4) is 0 Å². The van der Waals surface area contributed by atoms with Crippen LogP contribution >= 0.6 is 0 Å². The molecule has 0 aromatic carbocycles. The van der Waals surface area contributed by atoms with Crippen molar-refractivity contribution in [1.82, 2.24) is 10.8 Å². The van der Waals surface area contributed by atoms with Crippen molar-refractivity contribution in [2.24, 2.45) is 4.99 Å². The number of rotatable bonds is 3. The van der Waals surface area contributed by atoms with Gasteiger partial charge in [0.25, 0.3) is 0 Å². The highest BCUT2D eigenvalue weighted by atomic mass is 16.7. The summed E-state index contributed by atoms with van der Waals surface area (Å²) in [6, 6.07) is 0. The molecule has 6 heteroatoms. The smallest absolute Gasteiger partial charge is 0.332 e. The number of carboxylic acids is 1. The van der Waals surface area contributed by atoms with Gasteiger partial charge in [0.05, 0.1) is 6.54 Å². The van der Waals surface area contributed by atoms with Crippen molar-refractivity contribution in [2.75, 3.05) is 19.7 Å². The maximum absolute atomic E-state index is 9.95. The largest absolute Gasteiger partial charge is 0.479 e. The van der Waals surface area contributed by atoms with Crippen LogP contribution in [0.1, 0.15) is 0 Å². The molecule has 0 bridgehead atoms. The van der Waals surface area contributed by atoms with Crippen molar-refractivity contribution >= 4 is 11.9 Å². The van der Waals surface area contributed by atoms with E-state index < -0.39 is 5.97 Å². The number of nitrogens with one attached hydrogen (secondary N) is 2. The third kappa shape index (κ3) is 2.85. The monoisotopic (exact) mass is 159 g/mol. The van der Waals surface area contributed by atoms with Gasteiger partial charge in [-0.25, -0.2) is 15.3 Å². The van der Waals surface area contributed by atoms with Crippen LogP contribution in [-0.4, -0.2) is 36.7 Å². The molecule has 0 spiro atoms. The SMILES string of the molecule is O=C(O)CONC1=NCCN1. The summed E-state index contributed by atoms with van der Waals surface area (Å²) < 4.78 is 0. The number of guanidine groups is 1. The van der Waals surface area contributed by atoms with Crippen LogP contribution in [-0.2, 0) is 9.63 Å². The Morgan fingerprint density at radius 1 is 1.91 bits per heavy atom. The molecule has 0 saturated carbocycles. The van der Waals surface area contributed by atoms with Crippen LogP contribution in [0.5, 0.6) is 0 Å². The highest BCUT2D eigenvalue weighted by Gasteiger charge is 2.04. The van der Waals surface area contributed by atoms with Crippen molar-refractivity contribution < 1.29 is 14.7 Å². The van der Waals surface area contributed by atoms with E-state index in [2.05, 4.69) is 20.6 Å². The first kappa shape index (κ1) is 7.80. The Morgan fingerprint density at radius 3 is 3.27 bits per heavy atom. The Bertz CT molecular complexity index is 180. The molecular weight excluding hydrogens is 150 g/mol. The summed E-state index contributed by atoms with van der Waals surface area (Å²) in [5.41, 5.74) is 2.37. The normalized spacial score (nSPS) is 15.5. The van der Waals surface area contributed by atoms with Crippen LogP contribution in [0.4, 0.5) is 0 Å². The number of hydroxylamine groups is 1. The summed E-state index contributed by atoms with van der Waals surface area (Å²) in [7, 11) is 0. The lowest BCUT2D eigenvalue weighted by molar-refractivity contribution is -0.143. The third-order valence-electron chi connectivity index (χ3n) is 1.04. The Hall–Kier alpha value is -1.30. The average Bonchev–Trinajstić information content (AvgIpc) is 2.39. The highest BCUT2D eigenvalue weighted by molar-refractivity contribution is 5.80. The summed E-state index contributed by atoms with van der Waals surface area (Å²) in [5, 5.41) is 11.0. The summed E-state index contributed by atoms with van der Waals surface area (Å²) in [6.07, 6.45) is 0. The van der Waals surface area contributed by atoms with Crippen molar-refractivity contribution in [3.05, 3.63) is 0 Å². The van der Waals surface area contributed by atoms with Crippen molar-refractivity contribution in [3.63, 3.8) is 0 Å². The number of carboxylic acid groups (broad SMARTS) is 1. The van der Waals surface area contributed by atoms with Gasteiger partial charge in [0.2, 0.25) is 5.96 Å². The second-order valence-electron chi connectivity index (χ2n) is 1.94. The zero-order chi connectivity index (χ0) is 8.10. The molecule has 62 valence electrons. The summed E-state index contributed by atoms with van der Waals surface area (Å²) in [4.78, 5) is 18.4. The summed E-state index contributed by atoms with van der Waals surface area (Å²) >= 11 is 0. The molecule has 0 atom stereocenters. The zero-order valence-corrected chi connectivity index (χ0v) is 5.83. The molecule has 1 aliphatic heterocycles. The maximum Gasteiger partial charge on any atom is 0.332 e. The fraction of sp³-hybridized carbons (Fsp3) is 0.600. The average molecular weight is 159 g/mol. The first-order chi connectivity index (χ1) is 5.29. The van der Waals surface area contributed by atoms with Gasteiger partial charge in [-0.05, 0) is 0 Å². The lowest BCUT2D eigenvalue weighted by Gasteiger charge is -2.03. The van der Waals surface area contributed by atoms with Gasteiger partial charge < -0.3 is 10.4 Å². The molecular formula is C5H9N3O3. The maximum atomic E-state index is 9.95. The fourth-order valence-corrected chi connectivity index (χ4v) is 0.632. The van der Waals surface area contributed by atoms with Gasteiger partial charge in [-0.2, -0.15) is 0 Å². The van der Waals surface area contributed by atoms with Gasteiger partial charge in [0.1, 0.15) is 0 Å².